The quantitative estimate of drug-likeness (QED) is 0.734. The number of nitrogens with zero attached hydrogens (tertiary/aromatic N) is 5. The summed E-state index contributed by atoms with van der Waals surface area (Å²) in [6.07, 6.45) is 3.65. The smallest absolute Gasteiger partial charge is 0.274 e. The third-order valence-electron chi connectivity index (χ3n) is 4.70. The molecule has 0 spiro atoms. The lowest BCUT2D eigenvalue weighted by atomic mass is 10.1. The second-order valence-electron chi connectivity index (χ2n) is 6.44. The van der Waals surface area contributed by atoms with Crippen LogP contribution in [0.3, 0.4) is 0 Å². The third-order valence-corrected chi connectivity index (χ3v) is 4.70. The van der Waals surface area contributed by atoms with Crippen LogP contribution in [0.1, 0.15) is 16.1 Å². The number of hydrogen-bond acceptors (Lipinski definition) is 4. The zero-order chi connectivity index (χ0) is 17.2. The number of aryl methyl sites for hydroxylation is 1. The molecular formula is C19H21N5O. The van der Waals surface area contributed by atoms with Crippen molar-refractivity contribution in [1.29, 1.82) is 0 Å². The summed E-state index contributed by atoms with van der Waals surface area (Å²) < 4.78 is 1.66. The van der Waals surface area contributed by atoms with Gasteiger partial charge in [0.25, 0.3) is 5.91 Å². The highest BCUT2D eigenvalue weighted by Gasteiger charge is 2.23. The number of para-hydroxylation sites is 1. The molecule has 0 atom stereocenters. The standard InChI is InChI=1S/C19H21N5O/c1-22-9-7-17(21-22)19(25)24-12-10-23(11-13-24)14-16-5-2-4-15-6-3-8-20-18(15)16/h2-9H,10-14H2,1H3. The molecule has 3 aromatic rings. The number of fused-ring (bicyclic) bond motifs is 1. The minimum absolute atomic E-state index is 0.0204. The Morgan fingerprint density at radius 3 is 2.64 bits per heavy atom. The van der Waals surface area contributed by atoms with Gasteiger partial charge in [0.15, 0.2) is 0 Å². The van der Waals surface area contributed by atoms with Gasteiger partial charge in [-0.1, -0.05) is 24.3 Å². The predicted molar refractivity (Wildman–Crippen MR) is 96.1 cm³/mol. The van der Waals surface area contributed by atoms with E-state index in [1.165, 1.54) is 10.9 Å². The van der Waals surface area contributed by atoms with Gasteiger partial charge in [-0.05, 0) is 17.7 Å². The molecule has 2 aromatic heterocycles. The summed E-state index contributed by atoms with van der Waals surface area (Å²) in [6, 6.07) is 12.1. The SMILES string of the molecule is Cn1ccc(C(=O)N2CCN(Cc3cccc4cccnc34)CC2)n1. The molecule has 0 radical (unpaired) electrons. The number of rotatable bonds is 3. The van der Waals surface area contributed by atoms with Gasteiger partial charge in [-0.3, -0.25) is 19.4 Å². The fourth-order valence-electron chi connectivity index (χ4n) is 3.34. The van der Waals surface area contributed by atoms with E-state index in [1.54, 1.807) is 16.9 Å². The van der Waals surface area contributed by atoms with E-state index in [0.29, 0.717) is 5.69 Å². The first-order chi connectivity index (χ1) is 12.2. The normalized spacial score (nSPS) is 15.6. The third kappa shape index (κ3) is 3.25. The van der Waals surface area contributed by atoms with Gasteiger partial charge >= 0.3 is 0 Å². The Hall–Kier alpha value is -2.73. The van der Waals surface area contributed by atoms with Crippen LogP contribution < -0.4 is 0 Å². The van der Waals surface area contributed by atoms with Crippen molar-refractivity contribution in [2.75, 3.05) is 26.2 Å². The van der Waals surface area contributed by atoms with Crippen LogP contribution in [0.15, 0.2) is 48.8 Å². The van der Waals surface area contributed by atoms with Crippen molar-refractivity contribution in [2.45, 2.75) is 6.54 Å². The second kappa shape index (κ2) is 6.64. The van der Waals surface area contributed by atoms with Crippen LogP contribution >= 0.6 is 0 Å². The van der Waals surface area contributed by atoms with Crippen molar-refractivity contribution in [1.82, 2.24) is 24.6 Å². The summed E-state index contributed by atoms with van der Waals surface area (Å²) in [4.78, 5) is 21.3. The molecule has 25 heavy (non-hydrogen) atoms. The Labute approximate surface area is 146 Å². The first kappa shape index (κ1) is 15.8. The molecule has 1 aromatic carbocycles. The summed E-state index contributed by atoms with van der Waals surface area (Å²) in [5.41, 5.74) is 2.83. The molecular weight excluding hydrogens is 314 g/mol. The Balaban J connectivity index is 1.41. The number of piperazine rings is 1. The number of carbonyl (C=O) groups is 1. The van der Waals surface area contributed by atoms with Crippen molar-refractivity contribution < 1.29 is 4.79 Å². The Bertz CT molecular complexity index is 890. The van der Waals surface area contributed by atoms with Crippen LogP contribution in [-0.2, 0) is 13.6 Å². The number of benzene rings is 1. The van der Waals surface area contributed by atoms with Crippen LogP contribution in [0, 0.1) is 0 Å². The van der Waals surface area contributed by atoms with Crippen molar-refractivity contribution in [2.24, 2.45) is 7.05 Å². The molecule has 1 aliphatic rings. The minimum atomic E-state index is 0.0204. The molecule has 0 saturated carbocycles. The van der Waals surface area contributed by atoms with Crippen LogP contribution in [-0.4, -0.2) is 56.7 Å². The van der Waals surface area contributed by atoms with Gasteiger partial charge in [-0.25, -0.2) is 0 Å². The van der Waals surface area contributed by atoms with E-state index < -0.39 is 0 Å². The molecule has 0 bridgehead atoms. The van der Waals surface area contributed by atoms with E-state index in [0.717, 1.165) is 38.2 Å². The minimum Gasteiger partial charge on any atom is -0.335 e. The maximum atomic E-state index is 12.5. The lowest BCUT2D eigenvalue weighted by molar-refractivity contribution is 0.0622. The first-order valence-corrected chi connectivity index (χ1v) is 8.54. The van der Waals surface area contributed by atoms with Gasteiger partial charge in [0.05, 0.1) is 5.52 Å². The summed E-state index contributed by atoms with van der Waals surface area (Å²) in [7, 11) is 1.83. The van der Waals surface area contributed by atoms with E-state index in [4.69, 9.17) is 0 Å². The molecule has 0 N–H and O–H groups in total. The topological polar surface area (TPSA) is 54.3 Å². The number of pyridine rings is 1. The molecule has 1 fully saturated rings. The molecule has 3 heterocycles. The number of amides is 1. The van der Waals surface area contributed by atoms with Crippen LogP contribution in [0.2, 0.25) is 0 Å². The molecule has 1 aliphatic heterocycles. The van der Waals surface area contributed by atoms with Gasteiger partial charge in [0.2, 0.25) is 0 Å². The first-order valence-electron chi connectivity index (χ1n) is 8.54. The number of aromatic nitrogens is 3. The highest BCUT2D eigenvalue weighted by molar-refractivity contribution is 5.92. The van der Waals surface area contributed by atoms with Crippen LogP contribution in [0.5, 0.6) is 0 Å². The molecule has 1 amide bonds. The second-order valence-corrected chi connectivity index (χ2v) is 6.44. The fourth-order valence-corrected chi connectivity index (χ4v) is 3.34. The Morgan fingerprint density at radius 1 is 1.08 bits per heavy atom. The van der Waals surface area contributed by atoms with E-state index in [9.17, 15) is 4.79 Å². The predicted octanol–water partition coefficient (Wildman–Crippen LogP) is 1.93. The molecule has 0 aliphatic carbocycles. The van der Waals surface area contributed by atoms with Crippen molar-refractivity contribution in [3.63, 3.8) is 0 Å². The van der Waals surface area contributed by atoms with Crippen molar-refractivity contribution >= 4 is 16.8 Å². The van der Waals surface area contributed by atoms with E-state index in [2.05, 4.69) is 39.2 Å². The Morgan fingerprint density at radius 2 is 1.88 bits per heavy atom. The van der Waals surface area contributed by atoms with Gasteiger partial charge in [-0.15, -0.1) is 0 Å². The summed E-state index contributed by atoms with van der Waals surface area (Å²) in [6.45, 7) is 4.05. The molecule has 1 saturated heterocycles. The summed E-state index contributed by atoms with van der Waals surface area (Å²) >= 11 is 0. The van der Waals surface area contributed by atoms with Crippen molar-refractivity contribution in [3.8, 4) is 0 Å². The average Bonchev–Trinajstić information content (AvgIpc) is 3.08. The fraction of sp³-hybridized carbons (Fsp3) is 0.316. The van der Waals surface area contributed by atoms with E-state index in [1.807, 2.05) is 24.2 Å². The zero-order valence-electron chi connectivity index (χ0n) is 14.3. The molecule has 0 unspecified atom stereocenters. The number of carbonyl (C=O) groups excluding carboxylic acids is 1. The maximum Gasteiger partial charge on any atom is 0.274 e. The lowest BCUT2D eigenvalue weighted by Gasteiger charge is -2.34. The Kier molecular flexibility index (Phi) is 4.19. The van der Waals surface area contributed by atoms with E-state index >= 15 is 0 Å². The monoisotopic (exact) mass is 335 g/mol. The zero-order valence-corrected chi connectivity index (χ0v) is 14.3. The maximum absolute atomic E-state index is 12.5. The van der Waals surface area contributed by atoms with Gasteiger partial charge < -0.3 is 4.90 Å². The summed E-state index contributed by atoms with van der Waals surface area (Å²) in [5, 5.41) is 5.38. The molecule has 6 nitrogen and oxygen atoms in total. The summed E-state index contributed by atoms with van der Waals surface area (Å²) in [5.74, 6) is 0.0204. The average molecular weight is 335 g/mol. The molecule has 128 valence electrons. The van der Waals surface area contributed by atoms with Gasteiger partial charge in [0.1, 0.15) is 5.69 Å². The van der Waals surface area contributed by atoms with Gasteiger partial charge in [0, 0.05) is 57.6 Å². The molecule has 4 rings (SSSR count). The van der Waals surface area contributed by atoms with Crippen LogP contribution in [0.25, 0.3) is 10.9 Å². The highest BCUT2D eigenvalue weighted by atomic mass is 16.2. The van der Waals surface area contributed by atoms with Gasteiger partial charge in [-0.2, -0.15) is 5.10 Å². The lowest BCUT2D eigenvalue weighted by Crippen LogP contribution is -2.48. The highest BCUT2D eigenvalue weighted by Crippen LogP contribution is 2.18. The largest absolute Gasteiger partial charge is 0.335 e. The van der Waals surface area contributed by atoms with Crippen molar-refractivity contribution in [3.05, 3.63) is 60.0 Å². The number of hydrogen-bond donors (Lipinski definition) is 0. The molecule has 6 heteroatoms. The van der Waals surface area contributed by atoms with Crippen LogP contribution in [0.4, 0.5) is 0 Å². The van der Waals surface area contributed by atoms with E-state index in [-0.39, 0.29) is 5.91 Å².